The molecule has 2 rings (SSSR count). The van der Waals surface area contributed by atoms with E-state index in [4.69, 9.17) is 9.47 Å². The predicted molar refractivity (Wildman–Crippen MR) is 131 cm³/mol. The van der Waals surface area contributed by atoms with Crippen molar-refractivity contribution in [1.82, 2.24) is 9.59 Å². The highest BCUT2D eigenvalue weighted by atomic mass is 79.9. The third kappa shape index (κ3) is 7.98. The molecule has 0 aliphatic carbocycles. The van der Waals surface area contributed by atoms with Crippen LogP contribution in [0.3, 0.4) is 0 Å². The molecule has 4 nitrogen and oxygen atoms in total. The number of fused-ring (bicyclic) bond motifs is 1. The SMILES string of the molecule is CCCCCCCCOc1c(OCCCCCCCC)c(Br)c2snnc2c1Br. The average Bonchev–Trinajstić information content (AvgIpc) is 3.22. The van der Waals surface area contributed by atoms with Crippen molar-refractivity contribution >= 4 is 53.6 Å². The third-order valence-corrected chi connectivity index (χ3v) is 7.49. The Bertz CT molecular complexity index is 666. The lowest BCUT2D eigenvalue weighted by Gasteiger charge is -2.16. The third-order valence-electron chi connectivity index (χ3n) is 4.99. The molecule has 0 saturated carbocycles. The van der Waals surface area contributed by atoms with Gasteiger partial charge in [-0.1, -0.05) is 82.5 Å². The van der Waals surface area contributed by atoms with Gasteiger partial charge in [0.1, 0.15) is 5.52 Å². The van der Waals surface area contributed by atoms with Gasteiger partial charge in [0.15, 0.2) is 11.5 Å². The number of aromatic nitrogens is 2. The number of unbranched alkanes of at least 4 members (excludes halogenated alkanes) is 10. The van der Waals surface area contributed by atoms with Gasteiger partial charge in [-0.15, -0.1) is 5.10 Å². The van der Waals surface area contributed by atoms with E-state index in [9.17, 15) is 0 Å². The first kappa shape index (κ1) is 24.9. The van der Waals surface area contributed by atoms with Gasteiger partial charge in [-0.2, -0.15) is 0 Å². The highest BCUT2D eigenvalue weighted by Crippen LogP contribution is 2.48. The monoisotopic (exact) mass is 548 g/mol. The Kier molecular flexibility index (Phi) is 12.5. The minimum atomic E-state index is 0.688. The molecule has 1 heterocycles. The Hall–Kier alpha value is -0.400. The zero-order valence-corrected chi connectivity index (χ0v) is 21.8. The lowest BCUT2D eigenvalue weighted by molar-refractivity contribution is 0.256. The van der Waals surface area contributed by atoms with Crippen molar-refractivity contribution in [2.45, 2.75) is 90.9 Å². The number of nitrogens with zero attached hydrogens (tertiary/aromatic N) is 2. The fourth-order valence-electron chi connectivity index (χ4n) is 3.26. The summed E-state index contributed by atoms with van der Waals surface area (Å²) in [7, 11) is 0. The molecular weight excluding hydrogens is 516 g/mol. The number of ether oxygens (including phenoxy) is 2. The maximum Gasteiger partial charge on any atom is 0.178 e. The van der Waals surface area contributed by atoms with Crippen LogP contribution in [0.4, 0.5) is 0 Å². The molecule has 0 aliphatic rings. The molecule has 0 aliphatic heterocycles. The topological polar surface area (TPSA) is 44.2 Å². The molecule has 0 atom stereocenters. The van der Waals surface area contributed by atoms with E-state index in [-0.39, 0.29) is 0 Å². The molecule has 0 saturated heterocycles. The van der Waals surface area contributed by atoms with E-state index in [2.05, 4.69) is 55.3 Å². The highest BCUT2D eigenvalue weighted by molar-refractivity contribution is 9.11. The van der Waals surface area contributed by atoms with Crippen LogP contribution in [0.5, 0.6) is 11.5 Å². The van der Waals surface area contributed by atoms with E-state index in [0.29, 0.717) is 13.2 Å². The molecule has 0 radical (unpaired) electrons. The summed E-state index contributed by atoms with van der Waals surface area (Å²) in [6.07, 6.45) is 14.9. The van der Waals surface area contributed by atoms with Crippen molar-refractivity contribution in [2.75, 3.05) is 13.2 Å². The Morgan fingerprint density at radius 2 is 1.17 bits per heavy atom. The first-order valence-electron chi connectivity index (χ1n) is 11.1. The van der Waals surface area contributed by atoms with E-state index in [1.165, 1.54) is 75.7 Å². The van der Waals surface area contributed by atoms with E-state index in [1.807, 2.05) is 0 Å². The van der Waals surface area contributed by atoms with E-state index >= 15 is 0 Å². The molecule has 0 unspecified atom stereocenters. The fraction of sp³-hybridized carbons (Fsp3) is 0.727. The Morgan fingerprint density at radius 1 is 0.690 bits per heavy atom. The number of rotatable bonds is 16. The summed E-state index contributed by atoms with van der Waals surface area (Å²) in [5.74, 6) is 1.52. The smallest absolute Gasteiger partial charge is 0.178 e. The molecule has 7 heteroatoms. The van der Waals surface area contributed by atoms with E-state index < -0.39 is 0 Å². The maximum absolute atomic E-state index is 6.19. The van der Waals surface area contributed by atoms with Gasteiger partial charge >= 0.3 is 0 Å². The molecule has 1 aromatic heterocycles. The van der Waals surface area contributed by atoms with Crippen molar-refractivity contribution in [3.63, 3.8) is 0 Å². The van der Waals surface area contributed by atoms with Crippen LogP contribution in [0, 0.1) is 0 Å². The summed E-state index contributed by atoms with van der Waals surface area (Å²) in [4.78, 5) is 0. The minimum absolute atomic E-state index is 0.688. The molecule has 29 heavy (non-hydrogen) atoms. The Labute approximate surface area is 196 Å². The lowest BCUT2D eigenvalue weighted by Crippen LogP contribution is -2.04. The second-order valence-corrected chi connectivity index (χ2v) is 9.81. The Balaban J connectivity index is 1.95. The summed E-state index contributed by atoms with van der Waals surface area (Å²) in [6.45, 7) is 5.88. The quantitative estimate of drug-likeness (QED) is 0.196. The van der Waals surface area contributed by atoms with Gasteiger partial charge in [-0.05, 0) is 56.2 Å². The highest BCUT2D eigenvalue weighted by Gasteiger charge is 2.22. The Morgan fingerprint density at radius 3 is 1.72 bits per heavy atom. The van der Waals surface area contributed by atoms with Crippen molar-refractivity contribution in [1.29, 1.82) is 0 Å². The van der Waals surface area contributed by atoms with Gasteiger partial charge < -0.3 is 9.47 Å². The second-order valence-electron chi connectivity index (χ2n) is 7.47. The van der Waals surface area contributed by atoms with Gasteiger partial charge in [-0.25, -0.2) is 0 Å². The number of hydrogen-bond donors (Lipinski definition) is 0. The number of halogens is 2. The molecule has 0 bridgehead atoms. The van der Waals surface area contributed by atoms with Gasteiger partial charge in [0.25, 0.3) is 0 Å². The predicted octanol–water partition coefficient (Wildman–Crippen LogP) is 8.69. The lowest BCUT2D eigenvalue weighted by atomic mass is 10.1. The second kappa shape index (κ2) is 14.6. The molecular formula is C22H34Br2N2O2S. The van der Waals surface area contributed by atoms with Crippen LogP contribution in [0.15, 0.2) is 8.95 Å². The summed E-state index contributed by atoms with van der Waals surface area (Å²) >= 11 is 8.75. The standard InChI is InChI=1S/C22H34Br2N2O2S/c1-3-5-7-9-11-13-15-27-20-17(23)19-22(29-26-25-19)18(24)21(20)28-16-14-12-10-8-6-4-2/h3-16H2,1-2H3. The molecule has 0 spiro atoms. The number of benzene rings is 1. The van der Waals surface area contributed by atoms with Gasteiger partial charge in [0, 0.05) is 0 Å². The summed E-state index contributed by atoms with van der Waals surface area (Å²) < 4.78 is 19.2. The van der Waals surface area contributed by atoms with Crippen molar-refractivity contribution in [3.8, 4) is 11.5 Å². The zero-order valence-electron chi connectivity index (χ0n) is 17.8. The fourth-order valence-corrected chi connectivity index (χ4v) is 5.27. The van der Waals surface area contributed by atoms with Crippen molar-refractivity contribution in [3.05, 3.63) is 8.95 Å². The molecule has 164 valence electrons. The van der Waals surface area contributed by atoms with Crippen molar-refractivity contribution < 1.29 is 9.47 Å². The van der Waals surface area contributed by atoms with Crippen molar-refractivity contribution in [2.24, 2.45) is 0 Å². The van der Waals surface area contributed by atoms with Crippen LogP contribution in [-0.4, -0.2) is 22.8 Å². The molecule has 0 amide bonds. The van der Waals surface area contributed by atoms with Gasteiger partial charge in [0.05, 0.1) is 26.9 Å². The molecule has 2 aromatic rings. The minimum Gasteiger partial charge on any atom is -0.488 e. The van der Waals surface area contributed by atoms with Crippen LogP contribution in [0.1, 0.15) is 90.9 Å². The van der Waals surface area contributed by atoms with Crippen LogP contribution >= 0.6 is 43.4 Å². The van der Waals surface area contributed by atoms with Crippen LogP contribution in [-0.2, 0) is 0 Å². The zero-order chi connectivity index (χ0) is 20.9. The van der Waals surface area contributed by atoms with Gasteiger partial charge in [0.2, 0.25) is 0 Å². The summed E-state index contributed by atoms with van der Waals surface area (Å²) in [5.41, 5.74) is 0.826. The maximum atomic E-state index is 6.19. The van der Waals surface area contributed by atoms with Crippen LogP contribution < -0.4 is 9.47 Å². The first-order chi connectivity index (χ1) is 14.2. The van der Waals surface area contributed by atoms with Gasteiger partial charge in [-0.3, -0.25) is 0 Å². The van der Waals surface area contributed by atoms with Crippen LogP contribution in [0.2, 0.25) is 0 Å². The van der Waals surface area contributed by atoms with E-state index in [1.54, 1.807) is 0 Å². The van der Waals surface area contributed by atoms with E-state index in [0.717, 1.165) is 43.5 Å². The molecule has 0 N–H and O–H groups in total. The summed E-state index contributed by atoms with van der Waals surface area (Å²) in [5, 5.41) is 4.25. The first-order valence-corrected chi connectivity index (χ1v) is 13.4. The summed E-state index contributed by atoms with van der Waals surface area (Å²) in [6, 6.07) is 0. The average molecular weight is 550 g/mol. The molecule has 0 fully saturated rings. The van der Waals surface area contributed by atoms with Crippen LogP contribution in [0.25, 0.3) is 10.2 Å². The number of hydrogen-bond acceptors (Lipinski definition) is 5. The molecule has 1 aromatic carbocycles. The largest absolute Gasteiger partial charge is 0.488 e. The normalized spacial score (nSPS) is 11.3.